The van der Waals surface area contributed by atoms with E-state index in [1.165, 1.54) is 18.1 Å². The summed E-state index contributed by atoms with van der Waals surface area (Å²) >= 11 is 0. The number of aliphatic hydroxyl groups is 1. The zero-order valence-corrected chi connectivity index (χ0v) is 27.4. The van der Waals surface area contributed by atoms with Crippen molar-refractivity contribution in [1.29, 1.82) is 0 Å². The van der Waals surface area contributed by atoms with Crippen molar-refractivity contribution in [1.82, 2.24) is 5.32 Å². The lowest BCUT2D eigenvalue weighted by molar-refractivity contribution is -0.591. The number of nitrogens with one attached hydrogen (secondary N) is 4. The predicted octanol–water partition coefficient (Wildman–Crippen LogP) is 3.44. The molecule has 0 bridgehead atoms. The van der Waals surface area contributed by atoms with Gasteiger partial charge in [-0.2, -0.15) is 0 Å². The van der Waals surface area contributed by atoms with Crippen LogP contribution in [0.15, 0.2) is 59.9 Å². The molecule has 0 amide bonds. The van der Waals surface area contributed by atoms with Crippen LogP contribution in [0.5, 0.6) is 0 Å². The van der Waals surface area contributed by atoms with Crippen molar-refractivity contribution in [3.8, 4) is 0 Å². The summed E-state index contributed by atoms with van der Waals surface area (Å²) in [5.41, 5.74) is 3.80. The average molecular weight is 614 g/mol. The minimum atomic E-state index is -0.278. The quantitative estimate of drug-likeness (QED) is 0.291. The summed E-state index contributed by atoms with van der Waals surface area (Å²) in [6.07, 6.45) is 9.44. The first-order valence-corrected chi connectivity index (χ1v) is 17.5. The van der Waals surface area contributed by atoms with Crippen molar-refractivity contribution < 1.29 is 14.9 Å². The number of ketones is 1. The van der Waals surface area contributed by atoms with Crippen molar-refractivity contribution in [2.24, 2.45) is 29.6 Å². The average Bonchev–Trinajstić information content (AvgIpc) is 2.98. The standard InChI is InChI=1S/C40H44N4O2/c1-21-15-22(2)18-39(17-21)41-29-9-5-7-25-11-13-27(35(43-39)31(25)29)33-37(45)34(38(33)46)28-14-12-26-8-6-10-30-32(26)36(28)44-40(42-30)19-23(3)16-24(4)20-40/h5-13,21-24,28,41-42,44-45H,14-20H2,1-4H3/p+1/b33-27-. The van der Waals surface area contributed by atoms with Crippen LogP contribution in [0.3, 0.4) is 0 Å². The van der Waals surface area contributed by atoms with Crippen LogP contribution in [-0.2, 0) is 4.79 Å². The van der Waals surface area contributed by atoms with Gasteiger partial charge < -0.3 is 21.1 Å². The molecule has 4 aliphatic carbocycles. The van der Waals surface area contributed by atoms with E-state index in [-0.39, 0.29) is 28.8 Å². The third-order valence-corrected chi connectivity index (χ3v) is 11.8. The second kappa shape index (κ2) is 9.73. The minimum absolute atomic E-state index is 0.0306. The number of carbonyl (C=O) groups is 1. The summed E-state index contributed by atoms with van der Waals surface area (Å²) in [6.45, 7) is 9.37. The number of hydrogen-bond donors (Lipinski definition) is 5. The van der Waals surface area contributed by atoms with Crippen LogP contribution in [-0.4, -0.2) is 22.2 Å². The Bertz CT molecular complexity index is 2130. The Morgan fingerprint density at radius 1 is 0.804 bits per heavy atom. The molecule has 5 unspecified atom stereocenters. The van der Waals surface area contributed by atoms with Gasteiger partial charge in [-0.05, 0) is 84.6 Å². The van der Waals surface area contributed by atoms with E-state index in [0.717, 1.165) is 69.3 Å². The third kappa shape index (κ3) is 4.07. The van der Waals surface area contributed by atoms with Crippen LogP contribution >= 0.6 is 0 Å². The maximum absolute atomic E-state index is 14.4. The molecule has 2 heterocycles. The number of anilines is 2. The summed E-state index contributed by atoms with van der Waals surface area (Å²) in [4.78, 5) is 18.4. The first-order valence-electron chi connectivity index (χ1n) is 17.5. The van der Waals surface area contributed by atoms with Gasteiger partial charge in [-0.25, -0.2) is 4.99 Å². The zero-order valence-electron chi connectivity index (χ0n) is 27.4. The molecule has 0 saturated heterocycles. The lowest BCUT2D eigenvalue weighted by atomic mass is 9.71. The summed E-state index contributed by atoms with van der Waals surface area (Å²) in [5, 5.41) is 30.1. The number of benzene rings is 3. The first kappa shape index (κ1) is 28.2. The molecule has 3 aromatic rings. The highest BCUT2D eigenvalue weighted by Crippen LogP contribution is 2.44. The van der Waals surface area contributed by atoms with Gasteiger partial charge in [0, 0.05) is 35.4 Å². The maximum atomic E-state index is 14.4. The summed E-state index contributed by atoms with van der Waals surface area (Å²) in [6, 6.07) is 17.0. The van der Waals surface area contributed by atoms with Gasteiger partial charge in [0.25, 0.3) is 0 Å². The van der Waals surface area contributed by atoms with Gasteiger partial charge in [0.15, 0.2) is 5.78 Å². The molecule has 5 atom stereocenters. The van der Waals surface area contributed by atoms with Crippen molar-refractivity contribution >= 4 is 45.3 Å². The van der Waals surface area contributed by atoms with E-state index in [4.69, 9.17) is 0 Å². The second-order valence-electron chi connectivity index (χ2n) is 15.9. The van der Waals surface area contributed by atoms with Gasteiger partial charge in [-0.3, -0.25) is 4.79 Å². The van der Waals surface area contributed by atoms with Gasteiger partial charge >= 0.3 is 0 Å². The van der Waals surface area contributed by atoms with Crippen molar-refractivity contribution in [2.75, 3.05) is 10.6 Å². The van der Waals surface area contributed by atoms with Crippen molar-refractivity contribution in [3.05, 3.63) is 80.9 Å². The molecule has 46 heavy (non-hydrogen) atoms. The molecular weight excluding hydrogens is 568 g/mol. The fourth-order valence-corrected chi connectivity index (χ4v) is 10.6. The van der Waals surface area contributed by atoms with E-state index in [1.807, 2.05) is 6.07 Å². The lowest BCUT2D eigenvalue weighted by Gasteiger charge is -2.49. The third-order valence-electron chi connectivity index (χ3n) is 11.8. The maximum Gasteiger partial charge on any atom is 0.235 e. The van der Waals surface area contributed by atoms with Gasteiger partial charge in [-0.1, -0.05) is 64.1 Å². The summed E-state index contributed by atoms with van der Waals surface area (Å²) in [7, 11) is 0. The summed E-state index contributed by atoms with van der Waals surface area (Å²) in [5.74, 6) is 2.27. The molecule has 0 aromatic heterocycles. The molecule has 5 N–H and O–H groups in total. The molecule has 236 valence electrons. The van der Waals surface area contributed by atoms with Crippen molar-refractivity contribution in [2.45, 2.75) is 84.0 Å². The largest absolute Gasteiger partial charge is 0.507 e. The van der Waals surface area contributed by atoms with Crippen LogP contribution < -0.4 is 42.0 Å². The predicted molar refractivity (Wildman–Crippen MR) is 183 cm³/mol. The smallest absolute Gasteiger partial charge is 0.235 e. The summed E-state index contributed by atoms with van der Waals surface area (Å²) < 4.78 is 0. The van der Waals surface area contributed by atoms with E-state index in [2.05, 4.69) is 97.2 Å². The first-order chi connectivity index (χ1) is 22.1. The second-order valence-corrected chi connectivity index (χ2v) is 15.9. The topological polar surface area (TPSA) is 87.4 Å². The molecular formula is C40H45N4O2+. The molecule has 2 fully saturated rings. The Labute approximate surface area is 270 Å². The van der Waals surface area contributed by atoms with Gasteiger partial charge in [0.2, 0.25) is 11.0 Å². The Morgan fingerprint density at radius 3 is 2.24 bits per heavy atom. The normalized spacial score (nSPS) is 35.4. The molecule has 0 radical (unpaired) electrons. The molecule has 9 rings (SSSR count). The Morgan fingerprint density at radius 2 is 1.50 bits per heavy atom. The van der Waals surface area contributed by atoms with Gasteiger partial charge in [0.1, 0.15) is 11.4 Å². The SMILES string of the molecule is CC1CC(C)CC2(C1)NC1=c3c(cccc3=CCC1C1=C(O)/C(=c3\ccc4cccc5c4c3=[NH+]C3(CC(C)CC(C)C3)N5)C1=O)N2. The van der Waals surface area contributed by atoms with E-state index in [0.29, 0.717) is 41.2 Å². The monoisotopic (exact) mass is 613 g/mol. The molecule has 3 aromatic carbocycles. The Hall–Kier alpha value is -4.06. The minimum Gasteiger partial charge on any atom is -0.507 e. The molecule has 6 aliphatic rings. The van der Waals surface area contributed by atoms with E-state index < -0.39 is 0 Å². The molecule has 2 spiro atoms. The zero-order chi connectivity index (χ0) is 31.5. The van der Waals surface area contributed by atoms with Crippen LogP contribution in [0.2, 0.25) is 0 Å². The van der Waals surface area contributed by atoms with Crippen LogP contribution in [0.1, 0.15) is 72.6 Å². The van der Waals surface area contributed by atoms with Crippen molar-refractivity contribution in [3.63, 3.8) is 0 Å². The number of Topliss-reactive ketones (excluding diaryl/α,β-unsaturated/α-hetero) is 1. The fourth-order valence-electron chi connectivity index (χ4n) is 10.6. The molecule has 2 aliphatic heterocycles. The Kier molecular flexibility index (Phi) is 5.96. The van der Waals surface area contributed by atoms with Crippen LogP contribution in [0, 0.1) is 29.6 Å². The number of allylic oxidation sites excluding steroid dienone is 1. The number of rotatable bonds is 1. The van der Waals surface area contributed by atoms with Crippen LogP contribution in [0.4, 0.5) is 11.4 Å². The molecule has 6 heteroatoms. The lowest BCUT2D eigenvalue weighted by Crippen LogP contribution is -2.96. The van der Waals surface area contributed by atoms with Gasteiger partial charge in [0.05, 0.1) is 27.4 Å². The Balaban J connectivity index is 1.22. The highest BCUT2D eigenvalue weighted by atomic mass is 16.3. The van der Waals surface area contributed by atoms with E-state index in [1.54, 1.807) is 0 Å². The van der Waals surface area contributed by atoms with E-state index >= 15 is 0 Å². The van der Waals surface area contributed by atoms with Crippen LogP contribution in [0.25, 0.3) is 28.1 Å². The van der Waals surface area contributed by atoms with Gasteiger partial charge in [-0.15, -0.1) is 0 Å². The number of carbonyl (C=O) groups excluding carboxylic acids is 1. The number of aliphatic hydroxyl groups excluding tert-OH is 1. The molecule has 2 saturated carbocycles. The fraction of sp³-hybridized carbons (Fsp3) is 0.450. The van der Waals surface area contributed by atoms with E-state index in [9.17, 15) is 9.90 Å². The highest BCUT2D eigenvalue weighted by Gasteiger charge is 2.48. The number of hydrogen-bond acceptors (Lipinski definition) is 5. The molecule has 6 nitrogen and oxygen atoms in total. The highest BCUT2D eigenvalue weighted by molar-refractivity contribution is 6.37.